The van der Waals surface area contributed by atoms with Crippen LogP contribution in [-0.4, -0.2) is 52.2 Å². The van der Waals surface area contributed by atoms with E-state index in [4.69, 9.17) is 31.3 Å². The second-order valence-electron chi connectivity index (χ2n) is 16.6. The topological polar surface area (TPSA) is 151 Å². The molecular formula is C52H45ClF3N9O4S. The third-order valence-electron chi connectivity index (χ3n) is 11.5. The van der Waals surface area contributed by atoms with Crippen LogP contribution in [0.2, 0.25) is 5.02 Å². The summed E-state index contributed by atoms with van der Waals surface area (Å²) in [6.45, 7) is 4.80. The van der Waals surface area contributed by atoms with Gasteiger partial charge in [0.25, 0.3) is 0 Å². The monoisotopic (exact) mass is 983 g/mol. The van der Waals surface area contributed by atoms with Crippen LogP contribution < -0.4 is 20.1 Å². The van der Waals surface area contributed by atoms with E-state index in [1.165, 1.54) is 23.5 Å². The van der Waals surface area contributed by atoms with Gasteiger partial charge in [-0.3, -0.25) is 9.59 Å². The van der Waals surface area contributed by atoms with Gasteiger partial charge in [0, 0.05) is 54.0 Å². The summed E-state index contributed by atoms with van der Waals surface area (Å²) in [5.41, 5.74) is 8.70. The Morgan fingerprint density at radius 3 is 2.11 bits per heavy atom. The molecule has 0 bridgehead atoms. The highest BCUT2D eigenvalue weighted by Gasteiger charge is 2.31. The van der Waals surface area contributed by atoms with Gasteiger partial charge in [-0.05, 0) is 102 Å². The van der Waals surface area contributed by atoms with Crippen molar-refractivity contribution in [3.8, 4) is 22.6 Å². The number of hydrogen-bond acceptors (Lipinski definition) is 10. The van der Waals surface area contributed by atoms with Crippen LogP contribution >= 0.6 is 22.9 Å². The number of alkyl halides is 3. The number of pyridine rings is 2. The number of fused-ring (bicyclic) bond motifs is 2. The zero-order valence-electron chi connectivity index (χ0n) is 37.9. The predicted molar refractivity (Wildman–Crippen MR) is 263 cm³/mol. The summed E-state index contributed by atoms with van der Waals surface area (Å²) in [5, 5.41) is 8.91. The lowest BCUT2D eigenvalue weighted by atomic mass is 10.0. The van der Waals surface area contributed by atoms with Crippen molar-refractivity contribution >= 4 is 62.2 Å². The summed E-state index contributed by atoms with van der Waals surface area (Å²) in [4.78, 5) is 49.6. The van der Waals surface area contributed by atoms with Gasteiger partial charge in [0.1, 0.15) is 40.8 Å². The third-order valence-corrected chi connectivity index (χ3v) is 12.6. The number of aryl methyl sites for hydroxylation is 3. The molecule has 4 aromatic carbocycles. The largest absolute Gasteiger partial charge is 0.573 e. The molecule has 13 nitrogen and oxygen atoms in total. The Kier molecular flexibility index (Phi) is 14.2. The van der Waals surface area contributed by atoms with Crippen molar-refractivity contribution in [2.24, 2.45) is 0 Å². The van der Waals surface area contributed by atoms with Crippen molar-refractivity contribution < 1.29 is 32.2 Å². The van der Waals surface area contributed by atoms with E-state index in [1.807, 2.05) is 119 Å². The van der Waals surface area contributed by atoms with Gasteiger partial charge in [-0.1, -0.05) is 66.2 Å². The molecule has 0 unspecified atom stereocenters. The molecule has 0 fully saturated rings. The quantitative estimate of drug-likeness (QED) is 0.0856. The maximum absolute atomic E-state index is 13.0. The predicted octanol–water partition coefficient (Wildman–Crippen LogP) is 11.2. The van der Waals surface area contributed by atoms with E-state index in [0.29, 0.717) is 51.4 Å². The Balaban J connectivity index is 0.884. The van der Waals surface area contributed by atoms with Crippen molar-refractivity contribution in [3.63, 3.8) is 0 Å². The number of anilines is 1. The number of aromatic nitrogens is 7. The number of carbonyl (C=O) groups is 2. The van der Waals surface area contributed by atoms with E-state index >= 15 is 0 Å². The number of amides is 2. The molecule has 9 rings (SSSR count). The summed E-state index contributed by atoms with van der Waals surface area (Å²) in [6.07, 6.45) is -0.337. The summed E-state index contributed by atoms with van der Waals surface area (Å²) in [6, 6.07) is 34.3. The van der Waals surface area contributed by atoms with Crippen molar-refractivity contribution in [2.45, 2.75) is 71.6 Å². The fourth-order valence-corrected chi connectivity index (χ4v) is 8.89. The number of imidazole rings is 2. The molecule has 0 spiro atoms. The number of rotatable bonds is 18. The maximum atomic E-state index is 13.0. The van der Waals surface area contributed by atoms with Crippen LogP contribution in [0.3, 0.4) is 0 Å². The molecule has 356 valence electrons. The van der Waals surface area contributed by atoms with Gasteiger partial charge >= 0.3 is 6.36 Å². The van der Waals surface area contributed by atoms with Gasteiger partial charge in [0.15, 0.2) is 16.4 Å². The molecule has 70 heavy (non-hydrogen) atoms. The van der Waals surface area contributed by atoms with Crippen molar-refractivity contribution in [1.82, 2.24) is 39.4 Å². The molecule has 0 saturated carbocycles. The first-order valence-electron chi connectivity index (χ1n) is 22.4. The Hall–Kier alpha value is -7.63. The normalized spacial score (nSPS) is 12.0. The Morgan fingerprint density at radius 2 is 1.41 bits per heavy atom. The minimum absolute atomic E-state index is 0.0830. The molecule has 0 aliphatic heterocycles. The fourth-order valence-electron chi connectivity index (χ4n) is 8.05. The van der Waals surface area contributed by atoms with Gasteiger partial charge in [0.2, 0.25) is 11.8 Å². The highest BCUT2D eigenvalue weighted by molar-refractivity contribution is 7.13. The number of hydrogen-bond donors (Lipinski definition) is 2. The molecule has 9 aromatic rings. The SMILES string of the molecule is Cc1csc(NC(=O)CCc2nc3c(-c4cccc(COc5ccc(Cn6c(CCC(=O)N[C@@H](C)c7ccc(Cl)cc7)nc7cccnc76)cc5)c4)ccnc3n2Cc2ccc(OC(F)(F)F)cc2)n1. The minimum atomic E-state index is -4.81. The first kappa shape index (κ1) is 47.4. The number of benzene rings is 4. The van der Waals surface area contributed by atoms with Gasteiger partial charge in [0.05, 0.1) is 24.8 Å². The highest BCUT2D eigenvalue weighted by Crippen LogP contribution is 2.31. The van der Waals surface area contributed by atoms with Gasteiger partial charge in [-0.2, -0.15) is 0 Å². The smallest absolute Gasteiger partial charge is 0.489 e. The number of carbonyl (C=O) groups excluding carboxylic acids is 2. The van der Waals surface area contributed by atoms with E-state index in [-0.39, 0.29) is 56.0 Å². The molecule has 1 atom stereocenters. The van der Waals surface area contributed by atoms with E-state index in [2.05, 4.69) is 25.3 Å². The first-order chi connectivity index (χ1) is 33.8. The summed E-state index contributed by atoms with van der Waals surface area (Å²) >= 11 is 7.39. The zero-order chi connectivity index (χ0) is 48.8. The van der Waals surface area contributed by atoms with Crippen molar-refractivity contribution in [1.29, 1.82) is 0 Å². The van der Waals surface area contributed by atoms with Gasteiger partial charge in [-0.25, -0.2) is 24.9 Å². The van der Waals surface area contributed by atoms with E-state index in [1.54, 1.807) is 24.5 Å². The van der Waals surface area contributed by atoms with E-state index in [0.717, 1.165) is 50.5 Å². The zero-order valence-corrected chi connectivity index (χ0v) is 39.5. The molecule has 0 aliphatic rings. The number of ether oxygens (including phenoxy) is 2. The number of halogens is 4. The Morgan fingerprint density at radius 1 is 0.743 bits per heavy atom. The van der Waals surface area contributed by atoms with Crippen molar-refractivity contribution in [2.75, 3.05) is 5.32 Å². The number of thiazole rings is 1. The van der Waals surface area contributed by atoms with E-state index < -0.39 is 6.36 Å². The number of nitrogens with one attached hydrogen (secondary N) is 2. The lowest BCUT2D eigenvalue weighted by Crippen LogP contribution is -2.27. The average Bonchev–Trinajstić information content (AvgIpc) is 4.04. The van der Waals surface area contributed by atoms with Crippen LogP contribution in [-0.2, 0) is 42.1 Å². The second-order valence-corrected chi connectivity index (χ2v) is 17.9. The van der Waals surface area contributed by atoms with Crippen LogP contribution in [0, 0.1) is 6.92 Å². The number of nitrogens with zero attached hydrogens (tertiary/aromatic N) is 7. The van der Waals surface area contributed by atoms with Crippen LogP contribution in [0.1, 0.15) is 65.4 Å². The Bertz CT molecular complexity index is 3280. The van der Waals surface area contributed by atoms with Crippen LogP contribution in [0.4, 0.5) is 18.3 Å². The molecule has 0 radical (unpaired) electrons. The maximum Gasteiger partial charge on any atom is 0.573 e. The lowest BCUT2D eigenvalue weighted by Gasteiger charge is -2.15. The molecule has 5 aromatic heterocycles. The van der Waals surface area contributed by atoms with Crippen molar-refractivity contribution in [3.05, 3.63) is 178 Å². The van der Waals surface area contributed by atoms with Crippen LogP contribution in [0.25, 0.3) is 33.5 Å². The van der Waals surface area contributed by atoms with Crippen LogP contribution in [0.5, 0.6) is 11.5 Å². The van der Waals surface area contributed by atoms with Gasteiger partial charge < -0.3 is 29.2 Å². The minimum Gasteiger partial charge on any atom is -0.489 e. The molecule has 5 heterocycles. The summed E-state index contributed by atoms with van der Waals surface area (Å²) < 4.78 is 53.0. The Labute approximate surface area is 409 Å². The fraction of sp³-hybridized carbons (Fsp3) is 0.212. The standard InChI is InChI=1S/C52H45ClF3N9O4S/c1-32-31-70-51(59-32)63-47(67)23-21-45-62-48-42(24-26-58-50(48)65(45)29-35-10-18-41(19-11-35)69-52(54,55)56)38-6-3-5-36(27-38)30-68-40-16-8-34(9-17-40)28-64-44(61-43-7-4-25-57-49(43)64)20-22-46(66)60-33(2)37-12-14-39(53)15-13-37/h3-19,24-27,31,33H,20-23,28-30H2,1-2H3,(H,60,66)(H,59,63,67)/t33-/m0/s1. The van der Waals surface area contributed by atoms with E-state index in [9.17, 15) is 22.8 Å². The highest BCUT2D eigenvalue weighted by atomic mass is 35.5. The molecule has 0 saturated heterocycles. The first-order valence-corrected chi connectivity index (χ1v) is 23.6. The molecule has 18 heteroatoms. The second kappa shape index (κ2) is 20.9. The molecular weight excluding hydrogens is 939 g/mol. The lowest BCUT2D eigenvalue weighted by molar-refractivity contribution is -0.274. The summed E-state index contributed by atoms with van der Waals surface area (Å²) in [7, 11) is 0. The van der Waals surface area contributed by atoms with Crippen LogP contribution in [0.15, 0.2) is 133 Å². The molecule has 2 N–H and O–H groups in total. The summed E-state index contributed by atoms with van der Waals surface area (Å²) in [5.74, 6) is 1.37. The molecule has 0 aliphatic carbocycles. The average molecular weight is 985 g/mol. The van der Waals surface area contributed by atoms with Gasteiger partial charge in [-0.15, -0.1) is 24.5 Å². The third kappa shape index (κ3) is 11.8. The molecule has 2 amide bonds.